The molecule has 0 heterocycles. The molecule has 0 aliphatic carbocycles. The maximum Gasteiger partial charge on any atom is 0.0297 e. The molecule has 2 N–H and O–H groups in total. The van der Waals surface area contributed by atoms with Gasteiger partial charge in [0.1, 0.15) is 0 Å². The predicted octanol–water partition coefficient (Wildman–Crippen LogP) is 4.25. The van der Waals surface area contributed by atoms with E-state index in [2.05, 4.69) is 52.0 Å². The molecule has 0 aromatic heterocycles. The summed E-state index contributed by atoms with van der Waals surface area (Å²) in [5.41, 5.74) is 8.84. The summed E-state index contributed by atoms with van der Waals surface area (Å²) in [5.74, 6) is 1.31. The molecule has 1 nitrogen and oxygen atoms in total. The molecule has 2 unspecified atom stereocenters. The van der Waals surface area contributed by atoms with Crippen molar-refractivity contribution in [1.82, 2.24) is 0 Å². The molecule has 2 atom stereocenters. The third-order valence-electron chi connectivity index (χ3n) is 3.27. The van der Waals surface area contributed by atoms with Crippen LogP contribution in [0.5, 0.6) is 0 Å². The van der Waals surface area contributed by atoms with Crippen LogP contribution in [0.15, 0.2) is 24.3 Å². The maximum atomic E-state index is 6.15. The lowest BCUT2D eigenvalue weighted by Crippen LogP contribution is -2.12. The van der Waals surface area contributed by atoms with E-state index < -0.39 is 0 Å². The molecule has 0 bridgehead atoms. The number of nitrogens with two attached hydrogens (primary N) is 1. The Morgan fingerprint density at radius 2 is 1.50 bits per heavy atom. The first-order chi connectivity index (χ1) is 7.54. The van der Waals surface area contributed by atoms with Crippen LogP contribution in [0.3, 0.4) is 0 Å². The first-order valence-electron chi connectivity index (χ1n) is 6.40. The predicted molar refractivity (Wildman–Crippen MR) is 71.5 cm³/mol. The molecule has 0 saturated heterocycles. The van der Waals surface area contributed by atoms with E-state index in [0.717, 1.165) is 6.42 Å². The van der Waals surface area contributed by atoms with E-state index in [0.29, 0.717) is 11.8 Å². The Bertz CT molecular complexity index is 300. The highest BCUT2D eigenvalue weighted by atomic mass is 14.6. The summed E-state index contributed by atoms with van der Waals surface area (Å²) in [7, 11) is 0. The van der Waals surface area contributed by atoms with Crippen LogP contribution in [-0.2, 0) is 0 Å². The second-order valence-electron chi connectivity index (χ2n) is 5.21. The van der Waals surface area contributed by atoms with E-state index in [1.165, 1.54) is 17.5 Å². The van der Waals surface area contributed by atoms with Gasteiger partial charge in [0.15, 0.2) is 0 Å². The van der Waals surface area contributed by atoms with Crippen molar-refractivity contribution in [2.45, 2.75) is 52.5 Å². The fraction of sp³-hybridized carbons (Fsp3) is 0.600. The Morgan fingerprint density at radius 1 is 1.00 bits per heavy atom. The van der Waals surface area contributed by atoms with Gasteiger partial charge in [0.25, 0.3) is 0 Å². The zero-order chi connectivity index (χ0) is 12.1. The molecule has 1 rings (SSSR count). The molecule has 1 aromatic carbocycles. The van der Waals surface area contributed by atoms with E-state index in [-0.39, 0.29) is 6.04 Å². The average molecular weight is 219 g/mol. The molecule has 0 amide bonds. The van der Waals surface area contributed by atoms with Crippen LogP contribution >= 0.6 is 0 Å². The zero-order valence-electron chi connectivity index (χ0n) is 11.0. The van der Waals surface area contributed by atoms with Crippen molar-refractivity contribution in [3.05, 3.63) is 35.4 Å². The lowest BCUT2D eigenvalue weighted by atomic mass is 9.93. The topological polar surface area (TPSA) is 26.0 Å². The fourth-order valence-corrected chi connectivity index (χ4v) is 1.95. The second kappa shape index (κ2) is 6.05. The van der Waals surface area contributed by atoms with Gasteiger partial charge < -0.3 is 5.73 Å². The van der Waals surface area contributed by atoms with Gasteiger partial charge in [0.2, 0.25) is 0 Å². The van der Waals surface area contributed by atoms with Gasteiger partial charge in [-0.05, 0) is 35.8 Å². The van der Waals surface area contributed by atoms with Gasteiger partial charge in [-0.3, -0.25) is 0 Å². The highest BCUT2D eigenvalue weighted by molar-refractivity contribution is 5.26. The van der Waals surface area contributed by atoms with Crippen molar-refractivity contribution < 1.29 is 0 Å². The summed E-state index contributed by atoms with van der Waals surface area (Å²) >= 11 is 0. The molecule has 1 aromatic rings. The van der Waals surface area contributed by atoms with E-state index in [1.54, 1.807) is 0 Å². The summed E-state index contributed by atoms with van der Waals surface area (Å²) < 4.78 is 0. The number of rotatable bonds is 5. The zero-order valence-corrected chi connectivity index (χ0v) is 11.0. The third-order valence-corrected chi connectivity index (χ3v) is 3.27. The fourth-order valence-electron chi connectivity index (χ4n) is 1.95. The lowest BCUT2D eigenvalue weighted by molar-refractivity contribution is 0.510. The van der Waals surface area contributed by atoms with Gasteiger partial charge >= 0.3 is 0 Å². The Hall–Kier alpha value is -0.820. The molecule has 0 spiro atoms. The average Bonchev–Trinajstić information content (AvgIpc) is 2.27. The van der Waals surface area contributed by atoms with Crippen LogP contribution in [-0.4, -0.2) is 0 Å². The molecule has 0 aliphatic heterocycles. The van der Waals surface area contributed by atoms with Gasteiger partial charge in [0, 0.05) is 6.04 Å². The van der Waals surface area contributed by atoms with Gasteiger partial charge in [-0.1, -0.05) is 52.0 Å². The van der Waals surface area contributed by atoms with Crippen LogP contribution < -0.4 is 5.73 Å². The molecular weight excluding hydrogens is 194 g/mol. The molecule has 0 aliphatic rings. The molecular formula is C15H25N. The van der Waals surface area contributed by atoms with Crippen LogP contribution in [0.25, 0.3) is 0 Å². The maximum absolute atomic E-state index is 6.15. The Morgan fingerprint density at radius 3 is 1.94 bits per heavy atom. The summed E-state index contributed by atoms with van der Waals surface area (Å²) in [6.07, 6.45) is 2.25. The first kappa shape index (κ1) is 13.2. The molecule has 0 fully saturated rings. The van der Waals surface area contributed by atoms with Crippen molar-refractivity contribution in [2.24, 2.45) is 11.7 Å². The van der Waals surface area contributed by atoms with Gasteiger partial charge in [-0.2, -0.15) is 0 Å². The SMILES string of the molecule is CCC(C)c1ccc(C(N)CC(C)C)cc1. The third kappa shape index (κ3) is 3.64. The van der Waals surface area contributed by atoms with Crippen molar-refractivity contribution in [3.8, 4) is 0 Å². The van der Waals surface area contributed by atoms with Gasteiger partial charge in [0.05, 0.1) is 0 Å². The highest BCUT2D eigenvalue weighted by Crippen LogP contribution is 2.23. The van der Waals surface area contributed by atoms with Gasteiger partial charge in [-0.15, -0.1) is 0 Å². The van der Waals surface area contributed by atoms with E-state index in [9.17, 15) is 0 Å². The number of hydrogen-bond acceptors (Lipinski definition) is 1. The largest absolute Gasteiger partial charge is 0.324 e. The van der Waals surface area contributed by atoms with Crippen LogP contribution in [0.1, 0.15) is 63.6 Å². The normalized spacial score (nSPS) is 15.1. The number of benzene rings is 1. The number of hydrogen-bond donors (Lipinski definition) is 1. The second-order valence-corrected chi connectivity index (χ2v) is 5.21. The quantitative estimate of drug-likeness (QED) is 0.787. The molecule has 90 valence electrons. The van der Waals surface area contributed by atoms with Crippen LogP contribution in [0.4, 0.5) is 0 Å². The van der Waals surface area contributed by atoms with Gasteiger partial charge in [-0.25, -0.2) is 0 Å². The molecule has 16 heavy (non-hydrogen) atoms. The van der Waals surface area contributed by atoms with Crippen molar-refractivity contribution >= 4 is 0 Å². The van der Waals surface area contributed by atoms with Crippen LogP contribution in [0, 0.1) is 5.92 Å². The minimum atomic E-state index is 0.186. The summed E-state index contributed by atoms with van der Waals surface area (Å²) in [4.78, 5) is 0. The first-order valence-corrected chi connectivity index (χ1v) is 6.40. The van der Waals surface area contributed by atoms with E-state index in [4.69, 9.17) is 5.73 Å². The monoisotopic (exact) mass is 219 g/mol. The van der Waals surface area contributed by atoms with Crippen LogP contribution in [0.2, 0.25) is 0 Å². The standard InChI is InChI=1S/C15H25N/c1-5-12(4)13-6-8-14(9-7-13)15(16)10-11(2)3/h6-9,11-12,15H,5,10,16H2,1-4H3. The van der Waals surface area contributed by atoms with Crippen molar-refractivity contribution in [1.29, 1.82) is 0 Å². The summed E-state index contributed by atoms with van der Waals surface area (Å²) in [5, 5.41) is 0. The molecule has 1 heteroatoms. The van der Waals surface area contributed by atoms with Crippen molar-refractivity contribution in [2.75, 3.05) is 0 Å². The summed E-state index contributed by atoms with van der Waals surface area (Å²) in [6, 6.07) is 9.02. The smallest absolute Gasteiger partial charge is 0.0297 e. The minimum absolute atomic E-state index is 0.186. The Kier molecular flexibility index (Phi) is 5.01. The van der Waals surface area contributed by atoms with E-state index >= 15 is 0 Å². The van der Waals surface area contributed by atoms with Crippen molar-refractivity contribution in [3.63, 3.8) is 0 Å². The minimum Gasteiger partial charge on any atom is -0.324 e. The highest BCUT2D eigenvalue weighted by Gasteiger charge is 2.09. The molecule has 0 saturated carbocycles. The summed E-state index contributed by atoms with van der Waals surface area (Å²) in [6.45, 7) is 8.92. The lowest BCUT2D eigenvalue weighted by Gasteiger charge is -2.16. The Labute approximate surface area is 100 Å². The Balaban J connectivity index is 2.70. The molecule has 0 radical (unpaired) electrons. The van der Waals surface area contributed by atoms with E-state index in [1.807, 2.05) is 0 Å².